The Morgan fingerprint density at radius 3 is 1.21 bits per heavy atom. The summed E-state index contributed by atoms with van der Waals surface area (Å²) in [6, 6.07) is 0. The summed E-state index contributed by atoms with van der Waals surface area (Å²) in [4.78, 5) is 0. The van der Waals surface area contributed by atoms with Gasteiger partial charge in [-0.3, -0.25) is 4.39 Å². The minimum absolute atomic E-state index is 0.134. The fourth-order valence-corrected chi connectivity index (χ4v) is 2.80. The molecule has 24 heavy (non-hydrogen) atoms. The van der Waals surface area contributed by atoms with Gasteiger partial charge in [-0.1, -0.05) is 104 Å². The Hall–Kier alpha value is -0.110. The molecule has 0 saturated carbocycles. The van der Waals surface area contributed by atoms with Crippen molar-refractivity contribution in [1.82, 2.24) is 0 Å². The van der Waals surface area contributed by atoms with Crippen molar-refractivity contribution in [3.8, 4) is 0 Å². The first-order valence-corrected chi connectivity index (χ1v) is 11.1. The van der Waals surface area contributed by atoms with Gasteiger partial charge in [0.1, 0.15) is 0 Å². The summed E-state index contributed by atoms with van der Waals surface area (Å²) >= 11 is 0. The second-order valence-corrected chi connectivity index (χ2v) is 6.60. The second kappa shape index (κ2) is 27.7. The van der Waals surface area contributed by atoms with Crippen molar-refractivity contribution in [2.75, 3.05) is 19.9 Å². The van der Waals surface area contributed by atoms with Crippen LogP contribution < -0.4 is 0 Å². The summed E-state index contributed by atoms with van der Waals surface area (Å²) in [5, 5.41) is 0. The maximum atomic E-state index is 11.9. The first-order chi connectivity index (χ1) is 11.9. The molecule has 0 aliphatic carbocycles. The van der Waals surface area contributed by atoms with Crippen molar-refractivity contribution in [2.45, 2.75) is 124 Å². The predicted molar refractivity (Wildman–Crippen MR) is 108 cm³/mol. The predicted octanol–water partition coefficient (Wildman–Crippen LogP) is 8.26. The van der Waals surface area contributed by atoms with Crippen LogP contribution in [0.4, 0.5) is 4.39 Å². The third-order valence-electron chi connectivity index (χ3n) is 4.31. The Bertz CT molecular complexity index is 165. The third-order valence-corrected chi connectivity index (χ3v) is 4.31. The number of hydrogen-bond donors (Lipinski definition) is 0. The van der Waals surface area contributed by atoms with Gasteiger partial charge in [0, 0.05) is 13.2 Å². The van der Waals surface area contributed by atoms with Crippen molar-refractivity contribution in [2.24, 2.45) is 0 Å². The van der Waals surface area contributed by atoms with E-state index in [1.165, 1.54) is 89.9 Å². The van der Waals surface area contributed by atoms with Gasteiger partial charge in [0.2, 0.25) is 0 Å². The summed E-state index contributed by atoms with van der Waals surface area (Å²) in [5.41, 5.74) is 0. The lowest BCUT2D eigenvalue weighted by Crippen LogP contribution is -1.96. The molecule has 0 amide bonds. The van der Waals surface area contributed by atoms with E-state index in [9.17, 15) is 4.39 Å². The van der Waals surface area contributed by atoms with E-state index in [-0.39, 0.29) is 6.67 Å². The Morgan fingerprint density at radius 2 is 0.833 bits per heavy atom. The summed E-state index contributed by atoms with van der Waals surface area (Å²) in [6.07, 6.45) is 20.5. The fraction of sp³-hybridized carbons (Fsp3) is 1.00. The minimum atomic E-state index is -0.134. The number of rotatable bonds is 19. The molecule has 0 heterocycles. The third kappa shape index (κ3) is 26.8. The van der Waals surface area contributed by atoms with Crippen LogP contribution in [-0.2, 0) is 4.74 Å². The highest BCUT2D eigenvalue weighted by Crippen LogP contribution is 2.12. The van der Waals surface area contributed by atoms with Gasteiger partial charge >= 0.3 is 0 Å². The minimum Gasteiger partial charge on any atom is -0.381 e. The molecule has 0 bridgehead atoms. The molecule has 0 radical (unpaired) electrons. The van der Waals surface area contributed by atoms with Gasteiger partial charge in [-0.25, -0.2) is 0 Å². The van der Waals surface area contributed by atoms with Crippen LogP contribution in [0.1, 0.15) is 124 Å². The summed E-state index contributed by atoms with van der Waals surface area (Å²) in [5.74, 6) is 0. The van der Waals surface area contributed by atoms with Crippen molar-refractivity contribution in [3.63, 3.8) is 0 Å². The van der Waals surface area contributed by atoms with E-state index in [1.807, 2.05) is 13.8 Å². The molecule has 1 nitrogen and oxygen atoms in total. The molecule has 2 heteroatoms. The molecule has 0 aromatic heterocycles. The lowest BCUT2D eigenvalue weighted by molar-refractivity contribution is 0.126. The highest BCUT2D eigenvalue weighted by Gasteiger charge is 1.94. The summed E-state index contributed by atoms with van der Waals surface area (Å²) in [7, 11) is 0. The highest BCUT2D eigenvalue weighted by molar-refractivity contribution is 4.49. The normalized spacial score (nSPS) is 10.5. The van der Waals surface area contributed by atoms with Crippen molar-refractivity contribution in [1.29, 1.82) is 0 Å². The Morgan fingerprint density at radius 1 is 0.500 bits per heavy atom. The van der Waals surface area contributed by atoms with Gasteiger partial charge in [0.25, 0.3) is 0 Å². The molecule has 0 aliphatic heterocycles. The topological polar surface area (TPSA) is 9.23 Å². The number of hydrogen-bond acceptors (Lipinski definition) is 1. The molecule has 0 aromatic rings. The molecular weight excluding hydrogens is 299 g/mol. The molecule has 0 saturated heterocycles. The van der Waals surface area contributed by atoms with Gasteiger partial charge in [-0.15, -0.1) is 0 Å². The Labute approximate surface area is 153 Å². The first kappa shape index (κ1) is 26.1. The van der Waals surface area contributed by atoms with E-state index in [4.69, 9.17) is 4.74 Å². The van der Waals surface area contributed by atoms with E-state index in [1.54, 1.807) is 0 Å². The van der Waals surface area contributed by atoms with Gasteiger partial charge < -0.3 is 4.74 Å². The van der Waals surface area contributed by atoms with E-state index in [0.717, 1.165) is 26.1 Å². The molecule has 148 valence electrons. The molecule has 0 unspecified atom stereocenters. The van der Waals surface area contributed by atoms with Crippen LogP contribution >= 0.6 is 0 Å². The largest absolute Gasteiger partial charge is 0.381 e. The first-order valence-electron chi connectivity index (χ1n) is 11.1. The Kier molecular flexibility index (Phi) is 30.2. The monoisotopic (exact) mass is 346 g/mol. The highest BCUT2D eigenvalue weighted by atomic mass is 19.1. The van der Waals surface area contributed by atoms with Crippen LogP contribution in [0.5, 0.6) is 0 Å². The number of alkyl halides is 1. The maximum Gasteiger partial charge on any atom is 0.0894 e. The van der Waals surface area contributed by atoms with Crippen LogP contribution in [0.2, 0.25) is 0 Å². The lowest BCUT2D eigenvalue weighted by Gasteiger charge is -2.04. The van der Waals surface area contributed by atoms with Crippen LogP contribution in [0, 0.1) is 0 Å². The van der Waals surface area contributed by atoms with Crippen LogP contribution in [-0.4, -0.2) is 19.9 Å². The zero-order valence-electron chi connectivity index (χ0n) is 17.2. The SMILES string of the molecule is CC.CCCCCOCCCCCCCCCCCCCCCF. The average molecular weight is 347 g/mol. The zero-order valence-corrected chi connectivity index (χ0v) is 17.2. The number of halogens is 1. The molecule has 0 spiro atoms. The van der Waals surface area contributed by atoms with Crippen LogP contribution in [0.15, 0.2) is 0 Å². The van der Waals surface area contributed by atoms with E-state index in [0.29, 0.717) is 0 Å². The Balaban J connectivity index is 0. The maximum absolute atomic E-state index is 11.9. The second-order valence-electron chi connectivity index (χ2n) is 6.60. The molecule has 0 aliphatic rings. The molecule has 0 fully saturated rings. The van der Waals surface area contributed by atoms with Crippen molar-refractivity contribution < 1.29 is 9.13 Å². The molecular formula is C22H47FO. The summed E-state index contributed by atoms with van der Waals surface area (Å²) in [6.45, 7) is 8.02. The van der Waals surface area contributed by atoms with Crippen molar-refractivity contribution in [3.05, 3.63) is 0 Å². The zero-order chi connectivity index (χ0) is 18.1. The quantitative estimate of drug-likeness (QED) is 0.214. The fourth-order valence-electron chi connectivity index (χ4n) is 2.80. The van der Waals surface area contributed by atoms with Gasteiger partial charge in [-0.2, -0.15) is 0 Å². The van der Waals surface area contributed by atoms with E-state index in [2.05, 4.69) is 6.92 Å². The number of ether oxygens (including phenoxy) is 1. The average Bonchev–Trinajstić information content (AvgIpc) is 2.62. The van der Waals surface area contributed by atoms with Crippen LogP contribution in [0.25, 0.3) is 0 Å². The van der Waals surface area contributed by atoms with Crippen LogP contribution in [0.3, 0.4) is 0 Å². The molecule has 0 atom stereocenters. The lowest BCUT2D eigenvalue weighted by atomic mass is 10.0. The molecule has 0 N–H and O–H groups in total. The summed E-state index contributed by atoms with van der Waals surface area (Å²) < 4.78 is 17.5. The van der Waals surface area contributed by atoms with Crippen molar-refractivity contribution >= 4 is 0 Å². The molecule has 0 rings (SSSR count). The van der Waals surface area contributed by atoms with Gasteiger partial charge in [-0.05, 0) is 19.3 Å². The molecule has 0 aromatic carbocycles. The van der Waals surface area contributed by atoms with Gasteiger partial charge in [0.15, 0.2) is 0 Å². The smallest absolute Gasteiger partial charge is 0.0894 e. The standard InChI is InChI=1S/C20H41FO.C2H6/c1-2-3-16-19-22-20-17-14-12-10-8-6-4-5-7-9-11-13-15-18-21;1-2/h2-20H2,1H3;1-2H3. The van der Waals surface area contributed by atoms with E-state index >= 15 is 0 Å². The van der Waals surface area contributed by atoms with Gasteiger partial charge in [0.05, 0.1) is 6.67 Å². The number of unbranched alkanes of at least 4 members (excludes halogenated alkanes) is 14. The van der Waals surface area contributed by atoms with E-state index < -0.39 is 0 Å².